The van der Waals surface area contributed by atoms with E-state index in [0.29, 0.717) is 12.0 Å². The summed E-state index contributed by atoms with van der Waals surface area (Å²) in [7, 11) is 1.71. The van der Waals surface area contributed by atoms with Gasteiger partial charge in [-0.3, -0.25) is 0 Å². The minimum absolute atomic E-state index is 0.562. The molecule has 0 radical (unpaired) electrons. The van der Waals surface area contributed by atoms with Crippen LogP contribution in [0.3, 0.4) is 0 Å². The van der Waals surface area contributed by atoms with E-state index < -0.39 is 0 Å². The molecule has 0 spiro atoms. The van der Waals surface area contributed by atoms with Gasteiger partial charge in [0.25, 0.3) is 0 Å². The summed E-state index contributed by atoms with van der Waals surface area (Å²) in [6, 6.07) is 15.2. The maximum Gasteiger partial charge on any atom is 0.128 e. The Balaban J connectivity index is 1.38. The van der Waals surface area contributed by atoms with Crippen LogP contribution in [-0.4, -0.2) is 37.8 Å². The molecule has 1 N–H and O–H groups in total. The average molecular weight is 339 g/mol. The number of piperidine rings is 1. The Morgan fingerprint density at radius 2 is 1.92 bits per heavy atom. The van der Waals surface area contributed by atoms with Crippen LogP contribution in [0.5, 0.6) is 5.75 Å². The van der Waals surface area contributed by atoms with E-state index in [-0.39, 0.29) is 0 Å². The second kappa shape index (κ2) is 8.86. The van der Waals surface area contributed by atoms with Gasteiger partial charge in [0.15, 0.2) is 0 Å². The van der Waals surface area contributed by atoms with Crippen LogP contribution in [0.1, 0.15) is 37.7 Å². The Bertz CT molecular complexity index is 621. The monoisotopic (exact) mass is 339 g/mol. The topological polar surface area (TPSA) is 37.4 Å². The van der Waals surface area contributed by atoms with Gasteiger partial charge < -0.3 is 15.0 Å². The first kappa shape index (κ1) is 17.7. The molecule has 1 atom stereocenters. The summed E-state index contributed by atoms with van der Waals surface area (Å²) in [4.78, 5) is 6.84. The van der Waals surface area contributed by atoms with E-state index in [9.17, 15) is 0 Å². The highest BCUT2D eigenvalue weighted by Gasteiger charge is 2.19. The average Bonchev–Trinajstić information content (AvgIpc) is 2.69. The Morgan fingerprint density at radius 1 is 1.16 bits per heavy atom. The standard InChI is InChI=1S/C21H29N3O/c1-17(18-6-8-20(25-2)9-7-18)10-14-22-19-11-15-24(16-12-19)21-5-3-4-13-23-21/h3-9,13,17,19,22H,10-12,14-16H2,1-2H3/t17-/m1/s1. The van der Waals surface area contributed by atoms with Crippen molar-refractivity contribution >= 4 is 5.82 Å². The molecule has 134 valence electrons. The Kier molecular flexibility index (Phi) is 6.29. The molecule has 1 aromatic carbocycles. The fourth-order valence-corrected chi connectivity index (χ4v) is 3.46. The summed E-state index contributed by atoms with van der Waals surface area (Å²) < 4.78 is 5.23. The van der Waals surface area contributed by atoms with Gasteiger partial charge in [0.05, 0.1) is 7.11 Å². The molecule has 0 aliphatic carbocycles. The maximum atomic E-state index is 5.23. The van der Waals surface area contributed by atoms with Gasteiger partial charge in [0.1, 0.15) is 11.6 Å². The maximum absolute atomic E-state index is 5.23. The van der Waals surface area contributed by atoms with E-state index in [4.69, 9.17) is 4.74 Å². The number of benzene rings is 1. The first-order chi connectivity index (χ1) is 12.3. The third-order valence-electron chi connectivity index (χ3n) is 5.16. The highest BCUT2D eigenvalue weighted by Crippen LogP contribution is 2.22. The zero-order valence-electron chi connectivity index (χ0n) is 15.3. The van der Waals surface area contributed by atoms with Gasteiger partial charge in [-0.1, -0.05) is 25.1 Å². The molecule has 25 heavy (non-hydrogen) atoms. The predicted molar refractivity (Wildman–Crippen MR) is 104 cm³/mol. The molecule has 4 nitrogen and oxygen atoms in total. The minimum atomic E-state index is 0.562. The van der Waals surface area contributed by atoms with Gasteiger partial charge in [0.2, 0.25) is 0 Å². The van der Waals surface area contributed by atoms with Crippen molar-refractivity contribution in [1.29, 1.82) is 0 Å². The molecule has 1 aliphatic heterocycles. The van der Waals surface area contributed by atoms with Crippen LogP contribution in [-0.2, 0) is 0 Å². The predicted octanol–water partition coefficient (Wildman–Crippen LogP) is 3.84. The number of pyridine rings is 1. The second-order valence-corrected chi connectivity index (χ2v) is 6.87. The number of hydrogen-bond acceptors (Lipinski definition) is 4. The molecule has 1 saturated heterocycles. The van der Waals surface area contributed by atoms with Crippen molar-refractivity contribution in [2.45, 2.75) is 38.1 Å². The molecular weight excluding hydrogens is 310 g/mol. The molecule has 0 saturated carbocycles. The Labute approximate surface area is 151 Å². The van der Waals surface area contributed by atoms with E-state index in [0.717, 1.165) is 37.6 Å². The first-order valence-corrected chi connectivity index (χ1v) is 9.29. The Hall–Kier alpha value is -2.07. The molecule has 2 heterocycles. The lowest BCUT2D eigenvalue weighted by atomic mass is 9.97. The molecule has 0 bridgehead atoms. The van der Waals surface area contributed by atoms with Gasteiger partial charge >= 0.3 is 0 Å². The van der Waals surface area contributed by atoms with Gasteiger partial charge in [-0.15, -0.1) is 0 Å². The smallest absolute Gasteiger partial charge is 0.128 e. The SMILES string of the molecule is COc1ccc([C@H](C)CCNC2CCN(c3ccccn3)CC2)cc1. The van der Waals surface area contributed by atoms with Crippen molar-refractivity contribution in [3.8, 4) is 5.75 Å². The van der Waals surface area contributed by atoms with Crippen molar-refractivity contribution in [2.75, 3.05) is 31.6 Å². The summed E-state index contributed by atoms with van der Waals surface area (Å²) in [5, 5.41) is 3.75. The zero-order valence-corrected chi connectivity index (χ0v) is 15.3. The van der Waals surface area contributed by atoms with Crippen LogP contribution in [0, 0.1) is 0 Å². The highest BCUT2D eigenvalue weighted by molar-refractivity contribution is 5.38. The van der Waals surface area contributed by atoms with Crippen molar-refractivity contribution in [2.24, 2.45) is 0 Å². The van der Waals surface area contributed by atoms with Gasteiger partial charge in [-0.05, 0) is 61.6 Å². The molecule has 3 rings (SSSR count). The van der Waals surface area contributed by atoms with E-state index in [1.54, 1.807) is 7.11 Å². The number of anilines is 1. The minimum Gasteiger partial charge on any atom is -0.497 e. The van der Waals surface area contributed by atoms with Gasteiger partial charge in [-0.2, -0.15) is 0 Å². The lowest BCUT2D eigenvalue weighted by molar-refractivity contribution is 0.405. The van der Waals surface area contributed by atoms with E-state index >= 15 is 0 Å². The third-order valence-corrected chi connectivity index (χ3v) is 5.16. The van der Waals surface area contributed by atoms with E-state index in [1.807, 2.05) is 24.4 Å². The van der Waals surface area contributed by atoms with Crippen LogP contribution >= 0.6 is 0 Å². The zero-order chi connectivity index (χ0) is 17.5. The van der Waals surface area contributed by atoms with Crippen LogP contribution in [0.4, 0.5) is 5.82 Å². The summed E-state index contributed by atoms with van der Waals surface area (Å²) in [6.45, 7) is 5.54. The lowest BCUT2D eigenvalue weighted by Crippen LogP contribution is -2.43. The summed E-state index contributed by atoms with van der Waals surface area (Å²) in [6.07, 6.45) is 5.41. The largest absolute Gasteiger partial charge is 0.497 e. The van der Waals surface area contributed by atoms with Gasteiger partial charge in [-0.25, -0.2) is 4.98 Å². The van der Waals surface area contributed by atoms with Crippen molar-refractivity contribution in [1.82, 2.24) is 10.3 Å². The van der Waals surface area contributed by atoms with Crippen LogP contribution in [0.15, 0.2) is 48.7 Å². The third kappa shape index (κ3) is 4.95. The van der Waals surface area contributed by atoms with Crippen LogP contribution in [0.2, 0.25) is 0 Å². The molecule has 0 unspecified atom stereocenters. The first-order valence-electron chi connectivity index (χ1n) is 9.29. The summed E-state index contributed by atoms with van der Waals surface area (Å²) in [5.41, 5.74) is 1.38. The normalized spacial score (nSPS) is 16.6. The summed E-state index contributed by atoms with van der Waals surface area (Å²) in [5.74, 6) is 2.59. The number of nitrogens with zero attached hydrogens (tertiary/aromatic N) is 2. The fourth-order valence-electron chi connectivity index (χ4n) is 3.46. The van der Waals surface area contributed by atoms with Crippen molar-refractivity contribution in [3.63, 3.8) is 0 Å². The quantitative estimate of drug-likeness (QED) is 0.831. The lowest BCUT2D eigenvalue weighted by Gasteiger charge is -2.33. The molecule has 4 heteroatoms. The van der Waals surface area contributed by atoms with Crippen molar-refractivity contribution < 1.29 is 4.74 Å². The van der Waals surface area contributed by atoms with E-state index in [2.05, 4.69) is 46.4 Å². The molecule has 1 fully saturated rings. The second-order valence-electron chi connectivity index (χ2n) is 6.87. The number of rotatable bonds is 7. The van der Waals surface area contributed by atoms with Crippen LogP contribution in [0.25, 0.3) is 0 Å². The molecule has 2 aromatic rings. The summed E-state index contributed by atoms with van der Waals surface area (Å²) >= 11 is 0. The van der Waals surface area contributed by atoms with Crippen molar-refractivity contribution in [3.05, 3.63) is 54.2 Å². The number of nitrogens with one attached hydrogen (secondary N) is 1. The number of hydrogen-bond donors (Lipinski definition) is 1. The number of aromatic nitrogens is 1. The highest BCUT2D eigenvalue weighted by atomic mass is 16.5. The molecule has 0 amide bonds. The number of ether oxygens (including phenoxy) is 1. The molecule has 1 aliphatic rings. The molecular formula is C21H29N3O. The van der Waals surface area contributed by atoms with Crippen LogP contribution < -0.4 is 15.0 Å². The number of methoxy groups -OCH3 is 1. The fraction of sp³-hybridized carbons (Fsp3) is 0.476. The molecule has 1 aromatic heterocycles. The Morgan fingerprint density at radius 3 is 2.56 bits per heavy atom. The van der Waals surface area contributed by atoms with Gasteiger partial charge in [0, 0.05) is 25.3 Å². The van der Waals surface area contributed by atoms with E-state index in [1.165, 1.54) is 18.4 Å².